The fraction of sp³-hybridized carbons (Fsp3) is 0.667. The molecular weight excluding hydrogens is 414 g/mol. The quantitative estimate of drug-likeness (QED) is 0.564. The monoisotopic (exact) mass is 448 g/mol. The van der Waals surface area contributed by atoms with Gasteiger partial charge in [-0.3, -0.25) is 24.3 Å². The van der Waals surface area contributed by atoms with E-state index in [0.29, 0.717) is 6.54 Å². The predicted molar refractivity (Wildman–Crippen MR) is 115 cm³/mol. The average molecular weight is 449 g/mol. The normalized spacial score (nSPS) is 29.7. The van der Waals surface area contributed by atoms with Gasteiger partial charge in [-0.05, 0) is 23.8 Å². The lowest BCUT2D eigenvalue weighted by Crippen LogP contribution is -3.00. The van der Waals surface area contributed by atoms with Gasteiger partial charge < -0.3 is 17.5 Å². The maximum Gasteiger partial charge on any atom is 0.235 e. The Morgan fingerprint density at radius 3 is 2.26 bits per heavy atom. The molecule has 0 aromatic heterocycles. The highest BCUT2D eigenvalue weighted by Crippen LogP contribution is 2.60. The summed E-state index contributed by atoms with van der Waals surface area (Å²) >= 11 is 0. The fourth-order valence-corrected chi connectivity index (χ4v) is 5.61. The molecule has 2 saturated heterocycles. The molecule has 2 aliphatic heterocycles. The van der Waals surface area contributed by atoms with Crippen molar-refractivity contribution in [1.82, 2.24) is 14.7 Å². The fourth-order valence-electron chi connectivity index (χ4n) is 5.61. The number of piperazine rings is 1. The van der Waals surface area contributed by atoms with Gasteiger partial charge in [-0.15, -0.1) is 0 Å². The number of imide groups is 1. The molecule has 4 rings (SSSR count). The summed E-state index contributed by atoms with van der Waals surface area (Å²) in [5.74, 6) is -0.307. The van der Waals surface area contributed by atoms with Gasteiger partial charge in [0.2, 0.25) is 11.8 Å². The van der Waals surface area contributed by atoms with Crippen LogP contribution in [-0.4, -0.2) is 77.0 Å². The van der Waals surface area contributed by atoms with Crippen LogP contribution >= 0.6 is 0 Å². The molecule has 1 aromatic rings. The van der Waals surface area contributed by atoms with E-state index in [1.165, 1.54) is 10.5 Å². The Labute approximate surface area is 192 Å². The molecule has 2 amide bonds. The van der Waals surface area contributed by atoms with Gasteiger partial charge >= 0.3 is 0 Å². The molecule has 1 aromatic carbocycles. The summed E-state index contributed by atoms with van der Waals surface area (Å²) in [5.41, 5.74) is 0.505. The van der Waals surface area contributed by atoms with E-state index >= 15 is 0 Å². The number of likely N-dealkylation sites (tertiary alicyclic amines) is 1. The van der Waals surface area contributed by atoms with E-state index in [-0.39, 0.29) is 42.1 Å². The minimum Gasteiger partial charge on any atom is -1.00 e. The van der Waals surface area contributed by atoms with Crippen LogP contribution in [0.15, 0.2) is 30.3 Å². The lowest BCUT2D eigenvalue weighted by atomic mass is 9.62. The van der Waals surface area contributed by atoms with Crippen molar-refractivity contribution in [1.29, 1.82) is 0 Å². The van der Waals surface area contributed by atoms with Gasteiger partial charge in [-0.1, -0.05) is 51.1 Å². The third kappa shape index (κ3) is 4.40. The van der Waals surface area contributed by atoms with E-state index in [0.717, 1.165) is 45.6 Å². The van der Waals surface area contributed by atoms with Gasteiger partial charge in [0.25, 0.3) is 0 Å². The van der Waals surface area contributed by atoms with Crippen molar-refractivity contribution in [3.8, 4) is 0 Å². The van der Waals surface area contributed by atoms with Gasteiger partial charge in [0.1, 0.15) is 0 Å². The van der Waals surface area contributed by atoms with E-state index in [4.69, 9.17) is 0 Å². The predicted octanol–water partition coefficient (Wildman–Crippen LogP) is -1.02. The highest BCUT2D eigenvalue weighted by molar-refractivity contribution is 6.03. The SMILES string of the molecule is CC12CCC(C(=O)N(CC(O)CN3CCN(Cc4ccccc4)CC3)C1=O)C2(C)C.[Cl-]. The number of fused-ring (bicyclic) bond motifs is 2. The van der Waals surface area contributed by atoms with Crippen molar-refractivity contribution < 1.29 is 27.1 Å². The molecule has 3 aliphatic rings. The highest BCUT2D eigenvalue weighted by atomic mass is 35.5. The number of nitrogens with zero attached hydrogens (tertiary/aromatic N) is 3. The van der Waals surface area contributed by atoms with Gasteiger partial charge in [-0.25, -0.2) is 0 Å². The number of β-amino-alcohol motifs (C(OH)–C–C–N with tert-alkyl or cyclic N) is 1. The second kappa shape index (κ2) is 9.18. The second-order valence-corrected chi connectivity index (χ2v) is 10.1. The Bertz CT molecular complexity index is 795. The number of hydrogen-bond acceptors (Lipinski definition) is 5. The van der Waals surface area contributed by atoms with Gasteiger partial charge in [-0.2, -0.15) is 0 Å². The Morgan fingerprint density at radius 2 is 1.61 bits per heavy atom. The number of benzene rings is 1. The molecule has 0 spiro atoms. The molecule has 0 radical (unpaired) electrons. The molecular formula is C24H35ClN3O3-. The Hall–Kier alpha value is -1.47. The molecule has 2 bridgehead atoms. The van der Waals surface area contributed by atoms with Crippen LogP contribution in [0.2, 0.25) is 0 Å². The van der Waals surface area contributed by atoms with Crippen LogP contribution in [0.3, 0.4) is 0 Å². The van der Waals surface area contributed by atoms with Crippen molar-refractivity contribution >= 4 is 11.8 Å². The lowest BCUT2D eigenvalue weighted by Gasteiger charge is -2.48. The first kappa shape index (κ1) is 24.2. The number of carbonyl (C=O) groups is 2. The number of carbonyl (C=O) groups excluding carboxylic acids is 2. The summed E-state index contributed by atoms with van der Waals surface area (Å²) in [6.07, 6.45) is 0.817. The number of halogens is 1. The van der Waals surface area contributed by atoms with E-state index in [1.807, 2.05) is 26.8 Å². The van der Waals surface area contributed by atoms with Crippen LogP contribution in [0.5, 0.6) is 0 Å². The minimum absolute atomic E-state index is 0. The highest BCUT2D eigenvalue weighted by Gasteiger charge is 2.64. The first-order chi connectivity index (χ1) is 14.2. The average Bonchev–Trinajstić information content (AvgIpc) is 2.91. The largest absolute Gasteiger partial charge is 1.00 e. The maximum absolute atomic E-state index is 13.1. The number of piperidine rings is 1. The van der Waals surface area contributed by atoms with Crippen molar-refractivity contribution in [3.63, 3.8) is 0 Å². The number of rotatable bonds is 6. The van der Waals surface area contributed by atoms with Crippen molar-refractivity contribution in [2.24, 2.45) is 16.7 Å². The minimum atomic E-state index is -0.706. The van der Waals surface area contributed by atoms with Crippen LogP contribution in [0, 0.1) is 16.7 Å². The summed E-state index contributed by atoms with van der Waals surface area (Å²) in [5, 5.41) is 10.7. The first-order valence-corrected chi connectivity index (χ1v) is 11.2. The molecule has 3 fully saturated rings. The Balaban J connectivity index is 0.00000272. The zero-order chi connectivity index (χ0) is 21.5. The molecule has 1 saturated carbocycles. The van der Waals surface area contributed by atoms with Gasteiger partial charge in [0.05, 0.1) is 18.1 Å². The molecule has 7 heteroatoms. The van der Waals surface area contributed by atoms with Crippen LogP contribution in [0.4, 0.5) is 0 Å². The van der Waals surface area contributed by atoms with Crippen molar-refractivity contribution in [2.75, 3.05) is 39.3 Å². The number of aliphatic hydroxyl groups excluding tert-OH is 1. The van der Waals surface area contributed by atoms with Gasteiger partial charge in [0, 0.05) is 45.2 Å². The van der Waals surface area contributed by atoms with E-state index in [9.17, 15) is 14.7 Å². The lowest BCUT2D eigenvalue weighted by molar-refractivity contribution is -0.169. The second-order valence-electron chi connectivity index (χ2n) is 10.1. The number of amides is 2. The number of aliphatic hydroxyl groups is 1. The smallest absolute Gasteiger partial charge is 0.235 e. The van der Waals surface area contributed by atoms with E-state index in [2.05, 4.69) is 34.1 Å². The summed E-state index contributed by atoms with van der Waals surface area (Å²) in [7, 11) is 0. The van der Waals surface area contributed by atoms with E-state index < -0.39 is 11.5 Å². The summed E-state index contributed by atoms with van der Waals surface area (Å²) in [6, 6.07) is 10.5. The molecule has 6 nitrogen and oxygen atoms in total. The number of hydrogen-bond donors (Lipinski definition) is 1. The van der Waals surface area contributed by atoms with Crippen LogP contribution in [0.25, 0.3) is 0 Å². The first-order valence-electron chi connectivity index (χ1n) is 11.2. The molecule has 172 valence electrons. The Kier molecular flexibility index (Phi) is 7.16. The molecule has 31 heavy (non-hydrogen) atoms. The molecule has 2 heterocycles. The van der Waals surface area contributed by atoms with Crippen LogP contribution in [0.1, 0.15) is 39.2 Å². The third-order valence-corrected chi connectivity index (χ3v) is 8.08. The van der Waals surface area contributed by atoms with Gasteiger partial charge in [0.15, 0.2) is 0 Å². The van der Waals surface area contributed by atoms with Crippen LogP contribution < -0.4 is 12.4 Å². The van der Waals surface area contributed by atoms with Crippen LogP contribution in [-0.2, 0) is 16.1 Å². The maximum atomic E-state index is 13.1. The van der Waals surface area contributed by atoms with Crippen molar-refractivity contribution in [2.45, 2.75) is 46.3 Å². The standard InChI is InChI=1S/C24H35N3O3.ClH/c1-23(2)20-9-10-24(23,3)22(30)27(21(20)29)17-19(28)16-26-13-11-25(12-14-26)15-18-7-5-4-6-8-18;/h4-8,19-20,28H,9-17H2,1-3H3;1H/p-1. The zero-order valence-electron chi connectivity index (χ0n) is 18.9. The zero-order valence-corrected chi connectivity index (χ0v) is 19.6. The molecule has 3 atom stereocenters. The topological polar surface area (TPSA) is 64.1 Å². The summed E-state index contributed by atoms with van der Waals surface area (Å²) < 4.78 is 0. The summed E-state index contributed by atoms with van der Waals surface area (Å²) in [6.45, 7) is 11.3. The molecule has 1 N–H and O–H groups in total. The third-order valence-electron chi connectivity index (χ3n) is 8.08. The summed E-state index contributed by atoms with van der Waals surface area (Å²) in [4.78, 5) is 32.1. The Morgan fingerprint density at radius 1 is 1.00 bits per heavy atom. The van der Waals surface area contributed by atoms with E-state index in [1.54, 1.807) is 0 Å². The molecule has 3 unspecified atom stereocenters. The molecule has 1 aliphatic carbocycles. The van der Waals surface area contributed by atoms with Crippen molar-refractivity contribution in [3.05, 3.63) is 35.9 Å².